The average molecular weight is 253 g/mol. The zero-order valence-corrected chi connectivity index (χ0v) is 10.00. The Morgan fingerprint density at radius 3 is 2.39 bits per heavy atom. The van der Waals surface area contributed by atoms with Gasteiger partial charge < -0.3 is 10.4 Å². The number of rotatable bonds is 1. The van der Waals surface area contributed by atoms with Crippen LogP contribution in [0.25, 0.3) is 10.8 Å². The van der Waals surface area contributed by atoms with Crippen molar-refractivity contribution in [2.45, 2.75) is 0 Å². The van der Waals surface area contributed by atoms with Gasteiger partial charge in [0.25, 0.3) is 5.91 Å². The molecule has 0 aliphatic carbocycles. The highest BCUT2D eigenvalue weighted by atomic mass is 19.2. The minimum Gasteiger partial charge on any atom is -0.400 e. The van der Waals surface area contributed by atoms with Gasteiger partial charge in [-0.15, -0.1) is 0 Å². The minimum atomic E-state index is -0.955. The molecule has 2 rings (SSSR count). The second-order valence-corrected chi connectivity index (χ2v) is 3.37. The quantitative estimate of drug-likeness (QED) is 0.817. The number of carbonyl (C=O) groups excluding carboxylic acids is 1. The first-order chi connectivity index (χ1) is 8.63. The summed E-state index contributed by atoms with van der Waals surface area (Å²) in [6.07, 6.45) is 0. The highest BCUT2D eigenvalue weighted by Crippen LogP contribution is 2.22. The number of benzene rings is 2. The molecule has 0 unspecified atom stereocenters. The lowest BCUT2D eigenvalue weighted by Crippen LogP contribution is -2.18. The molecule has 0 radical (unpaired) electrons. The number of halogens is 2. The number of fused-ring (bicyclic) bond motifs is 1. The molecule has 0 bridgehead atoms. The Hall–Kier alpha value is -2.01. The largest absolute Gasteiger partial charge is 0.400 e. The molecular formula is C13H13F2NO2. The van der Waals surface area contributed by atoms with Gasteiger partial charge in [0.1, 0.15) is 0 Å². The number of aliphatic hydroxyl groups excluding tert-OH is 1. The van der Waals surface area contributed by atoms with Crippen LogP contribution < -0.4 is 5.32 Å². The van der Waals surface area contributed by atoms with Gasteiger partial charge in [-0.3, -0.25) is 4.79 Å². The topological polar surface area (TPSA) is 49.3 Å². The van der Waals surface area contributed by atoms with Gasteiger partial charge in [0.05, 0.1) is 0 Å². The third kappa shape index (κ3) is 2.62. The van der Waals surface area contributed by atoms with Crippen LogP contribution in [-0.4, -0.2) is 25.2 Å². The standard InChI is InChI=1S/C12H9F2NO.CH4O/c1-15-12(16)8-4-2-3-7-5-10(13)11(14)6-9(7)8;1-2/h2-6H,1H3,(H,15,16);2H,1H3. The Bertz CT molecular complexity index is 570. The molecule has 0 aliphatic rings. The van der Waals surface area contributed by atoms with Crippen LogP contribution in [0.3, 0.4) is 0 Å². The van der Waals surface area contributed by atoms with Crippen LogP contribution in [0.4, 0.5) is 8.78 Å². The summed E-state index contributed by atoms with van der Waals surface area (Å²) in [6, 6.07) is 6.94. The summed E-state index contributed by atoms with van der Waals surface area (Å²) in [4.78, 5) is 11.5. The first-order valence-electron chi connectivity index (χ1n) is 5.18. The maximum Gasteiger partial charge on any atom is 0.251 e. The van der Waals surface area contributed by atoms with Gasteiger partial charge in [-0.25, -0.2) is 8.78 Å². The van der Waals surface area contributed by atoms with E-state index in [-0.39, 0.29) is 5.91 Å². The molecule has 0 saturated carbocycles. The number of amides is 1. The maximum atomic E-state index is 13.1. The van der Waals surface area contributed by atoms with Crippen molar-refractivity contribution in [1.82, 2.24) is 5.32 Å². The van der Waals surface area contributed by atoms with Gasteiger partial charge in [-0.2, -0.15) is 0 Å². The van der Waals surface area contributed by atoms with Gasteiger partial charge in [0.15, 0.2) is 11.6 Å². The first kappa shape index (κ1) is 14.1. The van der Waals surface area contributed by atoms with Crippen molar-refractivity contribution in [3.63, 3.8) is 0 Å². The molecule has 2 N–H and O–H groups in total. The number of nitrogens with one attached hydrogen (secondary N) is 1. The highest BCUT2D eigenvalue weighted by molar-refractivity contribution is 6.06. The number of aliphatic hydroxyl groups is 1. The Morgan fingerprint density at radius 2 is 1.78 bits per heavy atom. The van der Waals surface area contributed by atoms with Crippen LogP contribution in [-0.2, 0) is 0 Å². The summed E-state index contributed by atoms with van der Waals surface area (Å²) in [5.74, 6) is -2.19. The lowest BCUT2D eigenvalue weighted by Gasteiger charge is -2.05. The van der Waals surface area contributed by atoms with E-state index in [2.05, 4.69) is 5.32 Å². The predicted octanol–water partition coefficient (Wildman–Crippen LogP) is 2.09. The van der Waals surface area contributed by atoms with Gasteiger partial charge in [-0.05, 0) is 29.0 Å². The molecule has 5 heteroatoms. The predicted molar refractivity (Wildman–Crippen MR) is 65.4 cm³/mol. The lowest BCUT2D eigenvalue weighted by atomic mass is 10.0. The Morgan fingerprint density at radius 1 is 1.17 bits per heavy atom. The second-order valence-electron chi connectivity index (χ2n) is 3.37. The Kier molecular flexibility index (Phi) is 4.74. The number of carbonyl (C=O) groups is 1. The molecule has 0 aromatic heterocycles. The number of hydrogen-bond donors (Lipinski definition) is 2. The molecule has 0 spiro atoms. The fourth-order valence-electron chi connectivity index (χ4n) is 1.60. The van der Waals surface area contributed by atoms with E-state index in [0.717, 1.165) is 19.2 Å². The zero-order chi connectivity index (χ0) is 13.7. The molecule has 0 heterocycles. The molecule has 18 heavy (non-hydrogen) atoms. The van der Waals surface area contributed by atoms with E-state index in [1.165, 1.54) is 7.05 Å². The van der Waals surface area contributed by atoms with Crippen molar-refractivity contribution in [2.75, 3.05) is 14.2 Å². The molecular weight excluding hydrogens is 240 g/mol. The third-order valence-electron chi connectivity index (χ3n) is 2.39. The van der Waals surface area contributed by atoms with E-state index in [1.807, 2.05) is 0 Å². The number of hydrogen-bond acceptors (Lipinski definition) is 2. The average Bonchev–Trinajstić information content (AvgIpc) is 2.41. The van der Waals surface area contributed by atoms with Crippen molar-refractivity contribution in [1.29, 1.82) is 0 Å². The Balaban J connectivity index is 0.000000771. The fraction of sp³-hybridized carbons (Fsp3) is 0.154. The molecule has 0 saturated heterocycles. The van der Waals surface area contributed by atoms with Gasteiger partial charge in [-0.1, -0.05) is 12.1 Å². The summed E-state index contributed by atoms with van der Waals surface area (Å²) in [5.41, 5.74) is 0.332. The molecule has 3 nitrogen and oxygen atoms in total. The molecule has 2 aromatic rings. The molecule has 2 aromatic carbocycles. The van der Waals surface area contributed by atoms with Crippen LogP contribution >= 0.6 is 0 Å². The molecule has 1 amide bonds. The van der Waals surface area contributed by atoms with Crippen LogP contribution in [0.1, 0.15) is 10.4 Å². The van der Waals surface area contributed by atoms with Gasteiger partial charge in [0.2, 0.25) is 0 Å². The van der Waals surface area contributed by atoms with Crippen molar-refractivity contribution in [2.24, 2.45) is 0 Å². The van der Waals surface area contributed by atoms with Crippen molar-refractivity contribution in [3.05, 3.63) is 47.5 Å². The highest BCUT2D eigenvalue weighted by Gasteiger charge is 2.11. The second kappa shape index (κ2) is 6.07. The van der Waals surface area contributed by atoms with E-state index in [4.69, 9.17) is 5.11 Å². The molecule has 0 atom stereocenters. The minimum absolute atomic E-state index is 0.323. The SMILES string of the molecule is CNC(=O)c1cccc2cc(F)c(F)cc12.CO. The Labute approximate surface area is 103 Å². The lowest BCUT2D eigenvalue weighted by molar-refractivity contribution is 0.0964. The van der Waals surface area contributed by atoms with Crippen LogP contribution in [0.5, 0.6) is 0 Å². The summed E-state index contributed by atoms with van der Waals surface area (Å²) in [7, 11) is 2.49. The van der Waals surface area contributed by atoms with E-state index in [1.54, 1.807) is 18.2 Å². The summed E-state index contributed by atoms with van der Waals surface area (Å²) < 4.78 is 26.1. The fourth-order valence-corrected chi connectivity index (χ4v) is 1.60. The van der Waals surface area contributed by atoms with Crippen molar-refractivity contribution < 1.29 is 18.7 Å². The molecule has 0 fully saturated rings. The van der Waals surface area contributed by atoms with Crippen LogP contribution in [0.15, 0.2) is 30.3 Å². The first-order valence-corrected chi connectivity index (χ1v) is 5.18. The summed E-state index contributed by atoms with van der Waals surface area (Å²) >= 11 is 0. The van der Waals surface area contributed by atoms with Gasteiger partial charge >= 0.3 is 0 Å². The van der Waals surface area contributed by atoms with Crippen molar-refractivity contribution >= 4 is 16.7 Å². The normalized spacial score (nSPS) is 9.61. The van der Waals surface area contributed by atoms with E-state index in [0.29, 0.717) is 16.3 Å². The van der Waals surface area contributed by atoms with Crippen molar-refractivity contribution in [3.8, 4) is 0 Å². The van der Waals surface area contributed by atoms with Crippen LogP contribution in [0, 0.1) is 11.6 Å². The van der Waals surface area contributed by atoms with E-state index >= 15 is 0 Å². The third-order valence-corrected chi connectivity index (χ3v) is 2.39. The van der Waals surface area contributed by atoms with Crippen LogP contribution in [0.2, 0.25) is 0 Å². The maximum absolute atomic E-state index is 13.1. The smallest absolute Gasteiger partial charge is 0.251 e. The van der Waals surface area contributed by atoms with E-state index in [9.17, 15) is 13.6 Å². The van der Waals surface area contributed by atoms with E-state index < -0.39 is 11.6 Å². The molecule has 0 aliphatic heterocycles. The van der Waals surface area contributed by atoms with Gasteiger partial charge in [0, 0.05) is 19.7 Å². The molecule has 96 valence electrons. The monoisotopic (exact) mass is 253 g/mol. The zero-order valence-electron chi connectivity index (χ0n) is 10.00. The summed E-state index contributed by atoms with van der Waals surface area (Å²) in [6.45, 7) is 0. The summed E-state index contributed by atoms with van der Waals surface area (Å²) in [5, 5.41) is 10.4.